The number of para-hydroxylation sites is 1. The molecule has 200 valence electrons. The molecule has 3 heterocycles. The van der Waals surface area contributed by atoms with Gasteiger partial charge >= 0.3 is 0 Å². The maximum absolute atomic E-state index is 13.2. The van der Waals surface area contributed by atoms with Crippen molar-refractivity contribution in [3.05, 3.63) is 126 Å². The average Bonchev–Trinajstić information content (AvgIpc) is 3.47. The fourth-order valence-corrected chi connectivity index (χ4v) is 6.15. The van der Waals surface area contributed by atoms with Gasteiger partial charge in [-0.3, -0.25) is 9.78 Å². The van der Waals surface area contributed by atoms with E-state index in [9.17, 15) is 4.79 Å². The Balaban J connectivity index is 1.30. The number of hydrogen-bond donors (Lipinski definition) is 2. The first-order valence-corrected chi connectivity index (χ1v) is 13.9. The van der Waals surface area contributed by atoms with Crippen molar-refractivity contribution in [2.75, 3.05) is 11.9 Å². The van der Waals surface area contributed by atoms with Crippen molar-refractivity contribution in [1.29, 1.82) is 0 Å². The van der Waals surface area contributed by atoms with Gasteiger partial charge in [0.2, 0.25) is 5.91 Å². The SMILES string of the molecule is Cc1cc([C@@H]2[C@@H](c3ccccn3)NC(=S)N2CCC(=O)Nc2cccc3ccccc23)c(C)n1-c1ccccc1. The third kappa shape index (κ3) is 4.84. The van der Waals surface area contributed by atoms with Crippen LogP contribution in [0.15, 0.2) is 103 Å². The van der Waals surface area contributed by atoms with E-state index in [1.54, 1.807) is 0 Å². The molecular formula is C33H31N5OS. The molecule has 0 radical (unpaired) electrons. The number of carbonyl (C=O) groups is 1. The summed E-state index contributed by atoms with van der Waals surface area (Å²) in [4.78, 5) is 20.0. The number of anilines is 1. The van der Waals surface area contributed by atoms with Gasteiger partial charge in [0.15, 0.2) is 5.11 Å². The number of amides is 1. The molecule has 7 heteroatoms. The van der Waals surface area contributed by atoms with Crippen molar-refractivity contribution < 1.29 is 4.79 Å². The standard InChI is InChI=1S/C33H31N5OS/c1-22-21-27(23(2)38(22)25-13-4-3-5-14-25)32-31(29-16-8-9-19-34-29)36-33(40)37(32)20-18-30(39)35-28-17-10-12-24-11-6-7-15-26(24)28/h3-17,19,21,31-32H,18,20H2,1-2H3,(H,35,39)(H,36,40)/t31-,32-/m1/s1. The van der Waals surface area contributed by atoms with E-state index in [1.165, 1.54) is 5.56 Å². The van der Waals surface area contributed by atoms with E-state index < -0.39 is 0 Å². The second kappa shape index (κ2) is 10.9. The number of nitrogens with zero attached hydrogens (tertiary/aromatic N) is 3. The smallest absolute Gasteiger partial charge is 0.226 e. The van der Waals surface area contributed by atoms with Gasteiger partial charge in [-0.15, -0.1) is 0 Å². The second-order valence-electron chi connectivity index (χ2n) is 10.1. The fourth-order valence-electron chi connectivity index (χ4n) is 5.82. The summed E-state index contributed by atoms with van der Waals surface area (Å²) in [6, 6.07) is 32.3. The van der Waals surface area contributed by atoms with Crippen LogP contribution >= 0.6 is 12.2 Å². The second-order valence-corrected chi connectivity index (χ2v) is 10.5. The molecule has 0 saturated carbocycles. The van der Waals surface area contributed by atoms with Crippen molar-refractivity contribution in [2.45, 2.75) is 32.4 Å². The lowest BCUT2D eigenvalue weighted by atomic mass is 9.96. The van der Waals surface area contributed by atoms with Crippen molar-refractivity contribution in [1.82, 2.24) is 19.8 Å². The molecule has 0 aliphatic carbocycles. The van der Waals surface area contributed by atoms with Gasteiger partial charge in [0.05, 0.1) is 17.8 Å². The summed E-state index contributed by atoms with van der Waals surface area (Å²) in [6.07, 6.45) is 2.11. The van der Waals surface area contributed by atoms with E-state index in [1.807, 2.05) is 72.9 Å². The van der Waals surface area contributed by atoms with E-state index in [-0.39, 0.29) is 18.0 Å². The van der Waals surface area contributed by atoms with Crippen LogP contribution in [0.3, 0.4) is 0 Å². The predicted molar refractivity (Wildman–Crippen MR) is 165 cm³/mol. The Labute approximate surface area is 239 Å². The Morgan fingerprint density at radius 2 is 1.70 bits per heavy atom. The minimum Gasteiger partial charge on any atom is -0.352 e. The molecule has 3 aromatic carbocycles. The lowest BCUT2D eigenvalue weighted by Gasteiger charge is -2.28. The van der Waals surface area contributed by atoms with Crippen molar-refractivity contribution in [2.24, 2.45) is 0 Å². The molecule has 2 atom stereocenters. The molecule has 40 heavy (non-hydrogen) atoms. The largest absolute Gasteiger partial charge is 0.352 e. The number of benzene rings is 3. The number of carbonyl (C=O) groups excluding carboxylic acids is 1. The maximum Gasteiger partial charge on any atom is 0.226 e. The van der Waals surface area contributed by atoms with Gasteiger partial charge in [0, 0.05) is 47.3 Å². The molecule has 1 amide bonds. The van der Waals surface area contributed by atoms with Crippen LogP contribution in [0.2, 0.25) is 0 Å². The maximum atomic E-state index is 13.2. The molecule has 0 bridgehead atoms. The monoisotopic (exact) mass is 545 g/mol. The number of hydrogen-bond acceptors (Lipinski definition) is 3. The van der Waals surface area contributed by atoms with Crippen molar-refractivity contribution in [3.8, 4) is 5.69 Å². The first-order valence-electron chi connectivity index (χ1n) is 13.5. The van der Waals surface area contributed by atoms with Crippen LogP contribution in [-0.2, 0) is 4.79 Å². The van der Waals surface area contributed by atoms with E-state index in [2.05, 4.69) is 69.3 Å². The quantitative estimate of drug-likeness (QED) is 0.225. The van der Waals surface area contributed by atoms with Gasteiger partial charge in [-0.2, -0.15) is 0 Å². The molecule has 0 spiro atoms. The molecule has 1 aliphatic rings. The van der Waals surface area contributed by atoms with Gasteiger partial charge in [-0.05, 0) is 73.4 Å². The van der Waals surface area contributed by atoms with E-state index in [0.29, 0.717) is 18.1 Å². The Bertz CT molecular complexity index is 1680. The number of nitrogens with one attached hydrogen (secondary N) is 2. The van der Waals surface area contributed by atoms with Gasteiger partial charge in [-0.1, -0.05) is 60.7 Å². The molecule has 1 saturated heterocycles. The van der Waals surface area contributed by atoms with E-state index in [0.717, 1.165) is 39.2 Å². The van der Waals surface area contributed by atoms with Crippen LogP contribution in [0.25, 0.3) is 16.5 Å². The molecule has 6 rings (SSSR count). The zero-order valence-corrected chi connectivity index (χ0v) is 23.4. The highest BCUT2D eigenvalue weighted by atomic mass is 32.1. The van der Waals surface area contributed by atoms with Gasteiger partial charge in [-0.25, -0.2) is 0 Å². The molecule has 0 unspecified atom stereocenters. The lowest BCUT2D eigenvalue weighted by Crippen LogP contribution is -2.33. The molecule has 2 N–H and O–H groups in total. The fraction of sp³-hybridized carbons (Fsp3) is 0.182. The number of pyridine rings is 1. The summed E-state index contributed by atoms with van der Waals surface area (Å²) >= 11 is 5.86. The minimum atomic E-state index is -0.139. The van der Waals surface area contributed by atoms with Crippen LogP contribution in [0, 0.1) is 13.8 Å². The first kappa shape index (κ1) is 25.8. The molecule has 2 aromatic heterocycles. The molecule has 6 nitrogen and oxygen atoms in total. The number of fused-ring (bicyclic) bond motifs is 1. The lowest BCUT2D eigenvalue weighted by molar-refractivity contribution is -0.116. The molecule has 1 aliphatic heterocycles. The molecule has 5 aromatic rings. The first-order chi connectivity index (χ1) is 19.5. The van der Waals surface area contributed by atoms with Crippen LogP contribution in [0.1, 0.15) is 41.1 Å². The van der Waals surface area contributed by atoms with Crippen LogP contribution in [0.4, 0.5) is 5.69 Å². The summed E-state index contributed by atoms with van der Waals surface area (Å²) in [5.41, 5.74) is 6.31. The Kier molecular flexibility index (Phi) is 7.05. The molecule has 1 fully saturated rings. The van der Waals surface area contributed by atoms with E-state index >= 15 is 0 Å². The van der Waals surface area contributed by atoms with Crippen LogP contribution < -0.4 is 10.6 Å². The number of thiocarbonyl (C=S) groups is 1. The van der Waals surface area contributed by atoms with Crippen LogP contribution in [-0.4, -0.2) is 32.0 Å². The van der Waals surface area contributed by atoms with Gasteiger partial charge in [0.1, 0.15) is 0 Å². The van der Waals surface area contributed by atoms with Crippen molar-refractivity contribution in [3.63, 3.8) is 0 Å². The summed E-state index contributed by atoms with van der Waals surface area (Å²) in [5.74, 6) is -0.0473. The summed E-state index contributed by atoms with van der Waals surface area (Å²) in [5, 5.41) is 9.39. The third-order valence-electron chi connectivity index (χ3n) is 7.64. The van der Waals surface area contributed by atoms with Gasteiger partial charge in [0.25, 0.3) is 0 Å². The summed E-state index contributed by atoms with van der Waals surface area (Å²) in [6.45, 7) is 4.75. The number of aryl methyl sites for hydroxylation is 1. The van der Waals surface area contributed by atoms with Crippen LogP contribution in [0.5, 0.6) is 0 Å². The Hall–Kier alpha value is -4.49. The summed E-state index contributed by atoms with van der Waals surface area (Å²) in [7, 11) is 0. The highest BCUT2D eigenvalue weighted by Crippen LogP contribution is 2.41. The van der Waals surface area contributed by atoms with Gasteiger partial charge < -0.3 is 20.1 Å². The zero-order valence-electron chi connectivity index (χ0n) is 22.5. The zero-order chi connectivity index (χ0) is 27.6. The average molecular weight is 546 g/mol. The highest BCUT2D eigenvalue weighted by Gasteiger charge is 2.41. The topological polar surface area (TPSA) is 62.2 Å². The van der Waals surface area contributed by atoms with Crippen molar-refractivity contribution >= 4 is 39.7 Å². The third-order valence-corrected chi connectivity index (χ3v) is 8.00. The number of aromatic nitrogens is 2. The predicted octanol–water partition coefficient (Wildman–Crippen LogP) is 6.64. The Morgan fingerprint density at radius 1 is 0.950 bits per heavy atom. The normalized spacial score (nSPS) is 16.8. The number of rotatable bonds is 7. The molecular weight excluding hydrogens is 514 g/mol. The summed E-state index contributed by atoms with van der Waals surface area (Å²) < 4.78 is 2.28. The Morgan fingerprint density at radius 3 is 2.50 bits per heavy atom. The minimum absolute atomic E-state index is 0.0473. The van der Waals surface area contributed by atoms with E-state index in [4.69, 9.17) is 12.2 Å². The highest BCUT2D eigenvalue weighted by molar-refractivity contribution is 7.80.